The maximum Gasteiger partial charge on any atom is 0.341 e. The van der Waals surface area contributed by atoms with Crippen LogP contribution in [-0.4, -0.2) is 32.4 Å². The van der Waals surface area contributed by atoms with Crippen LogP contribution in [-0.2, 0) is 17.8 Å². The molecule has 6 heteroatoms. The number of pyridine rings is 1. The Labute approximate surface area is 180 Å². The number of hydrogen-bond donors (Lipinski definition) is 1. The van der Waals surface area contributed by atoms with Crippen LogP contribution >= 0.6 is 0 Å². The van der Waals surface area contributed by atoms with Gasteiger partial charge in [-0.2, -0.15) is 5.10 Å². The van der Waals surface area contributed by atoms with Gasteiger partial charge in [0, 0.05) is 36.6 Å². The Bertz CT molecular complexity index is 1090. The lowest BCUT2D eigenvalue weighted by Gasteiger charge is -2.16. The number of rotatable bonds is 9. The summed E-state index contributed by atoms with van der Waals surface area (Å²) in [5.74, 6) is -0.366. The number of hydrogen-bond acceptors (Lipinski definition) is 4. The zero-order valence-corrected chi connectivity index (χ0v) is 17.0. The molecule has 0 aliphatic carbocycles. The first-order valence-corrected chi connectivity index (χ1v) is 10.1. The van der Waals surface area contributed by atoms with E-state index in [-0.39, 0.29) is 12.5 Å². The molecule has 156 valence electrons. The van der Waals surface area contributed by atoms with Crippen molar-refractivity contribution in [2.75, 3.05) is 6.61 Å². The summed E-state index contributed by atoms with van der Waals surface area (Å²) in [7, 11) is 0. The quantitative estimate of drug-likeness (QED) is 0.446. The monoisotopic (exact) mass is 413 g/mol. The Morgan fingerprint density at radius 3 is 2.58 bits per heavy atom. The number of carboxylic acids is 1. The van der Waals surface area contributed by atoms with E-state index >= 15 is 0 Å². The van der Waals surface area contributed by atoms with Crippen LogP contribution in [0.2, 0.25) is 0 Å². The number of nitrogens with zero attached hydrogens (tertiary/aromatic N) is 3. The zero-order chi connectivity index (χ0) is 21.5. The summed E-state index contributed by atoms with van der Waals surface area (Å²) >= 11 is 0. The molecule has 2 aromatic carbocycles. The molecule has 0 saturated carbocycles. The molecule has 2 aromatic heterocycles. The number of aliphatic carboxylic acids is 1. The summed E-state index contributed by atoms with van der Waals surface area (Å²) in [4.78, 5) is 15.0. The summed E-state index contributed by atoms with van der Waals surface area (Å²) in [6, 6.07) is 21.9. The van der Waals surface area contributed by atoms with Crippen molar-refractivity contribution in [3.05, 3.63) is 114 Å². The Morgan fingerprint density at radius 2 is 1.81 bits per heavy atom. The lowest BCUT2D eigenvalue weighted by Crippen LogP contribution is -2.09. The highest BCUT2D eigenvalue weighted by molar-refractivity contribution is 5.68. The van der Waals surface area contributed by atoms with Crippen LogP contribution in [0.5, 0.6) is 5.75 Å². The minimum Gasteiger partial charge on any atom is -0.482 e. The summed E-state index contributed by atoms with van der Waals surface area (Å²) in [5.41, 5.74) is 4.49. The molecule has 0 bridgehead atoms. The third-order valence-corrected chi connectivity index (χ3v) is 5.03. The van der Waals surface area contributed by atoms with Gasteiger partial charge in [-0.1, -0.05) is 48.5 Å². The second kappa shape index (κ2) is 9.71. The Kier molecular flexibility index (Phi) is 6.38. The van der Waals surface area contributed by atoms with Gasteiger partial charge in [-0.25, -0.2) is 4.79 Å². The standard InChI is InChI=1S/C25H23N3O3/c29-24(30)18-31-23-10-4-6-19(14-23)11-13-28-17-22(16-27-28)25(20-7-2-1-3-8-20)21-9-5-12-26-15-21/h1-10,12,14-17,25H,11,13,18H2,(H,29,30). The fraction of sp³-hybridized carbons (Fsp3) is 0.160. The van der Waals surface area contributed by atoms with Gasteiger partial charge in [0.05, 0.1) is 6.20 Å². The summed E-state index contributed by atoms with van der Waals surface area (Å²) in [5, 5.41) is 13.3. The number of aryl methyl sites for hydroxylation is 2. The summed E-state index contributed by atoms with van der Waals surface area (Å²) in [6.45, 7) is 0.359. The molecule has 0 radical (unpaired) electrons. The van der Waals surface area contributed by atoms with Crippen LogP contribution < -0.4 is 4.74 Å². The molecule has 4 aromatic rings. The fourth-order valence-corrected chi connectivity index (χ4v) is 3.60. The lowest BCUT2D eigenvalue weighted by molar-refractivity contribution is -0.139. The van der Waals surface area contributed by atoms with Gasteiger partial charge >= 0.3 is 5.97 Å². The van der Waals surface area contributed by atoms with E-state index in [2.05, 4.69) is 34.5 Å². The molecule has 0 aliphatic heterocycles. The molecule has 0 aliphatic rings. The molecule has 2 heterocycles. The highest BCUT2D eigenvalue weighted by atomic mass is 16.5. The third kappa shape index (κ3) is 5.36. The molecular formula is C25H23N3O3. The molecule has 31 heavy (non-hydrogen) atoms. The van der Waals surface area contributed by atoms with Crippen LogP contribution in [0.15, 0.2) is 91.5 Å². The van der Waals surface area contributed by atoms with Crippen molar-refractivity contribution < 1.29 is 14.6 Å². The maximum absolute atomic E-state index is 10.7. The van der Waals surface area contributed by atoms with Crippen molar-refractivity contribution >= 4 is 5.97 Å². The normalized spacial score (nSPS) is 11.7. The van der Waals surface area contributed by atoms with E-state index in [4.69, 9.17) is 9.84 Å². The molecule has 0 fully saturated rings. The van der Waals surface area contributed by atoms with E-state index in [1.54, 1.807) is 12.3 Å². The van der Waals surface area contributed by atoms with Crippen molar-refractivity contribution in [1.82, 2.24) is 14.8 Å². The van der Waals surface area contributed by atoms with Crippen LogP contribution in [0.25, 0.3) is 0 Å². The Morgan fingerprint density at radius 1 is 0.968 bits per heavy atom. The van der Waals surface area contributed by atoms with Crippen molar-refractivity contribution in [3.8, 4) is 5.75 Å². The van der Waals surface area contributed by atoms with E-state index in [0.717, 1.165) is 23.1 Å². The number of aromatic nitrogens is 3. The molecule has 6 nitrogen and oxygen atoms in total. The first-order valence-electron chi connectivity index (χ1n) is 10.1. The zero-order valence-electron chi connectivity index (χ0n) is 17.0. The molecule has 1 atom stereocenters. The summed E-state index contributed by atoms with van der Waals surface area (Å²) < 4.78 is 7.20. The fourth-order valence-electron chi connectivity index (χ4n) is 3.60. The van der Waals surface area contributed by atoms with Gasteiger partial charge in [-0.15, -0.1) is 0 Å². The predicted octanol–water partition coefficient (Wildman–Crippen LogP) is 4.16. The van der Waals surface area contributed by atoms with Crippen molar-refractivity contribution in [3.63, 3.8) is 0 Å². The predicted molar refractivity (Wildman–Crippen MR) is 117 cm³/mol. The van der Waals surface area contributed by atoms with E-state index < -0.39 is 5.97 Å². The average molecular weight is 413 g/mol. The number of ether oxygens (including phenoxy) is 1. The van der Waals surface area contributed by atoms with Crippen LogP contribution in [0, 0.1) is 0 Å². The SMILES string of the molecule is O=C(O)COc1cccc(CCn2cc(C(c3ccccc3)c3cccnc3)cn2)c1. The average Bonchev–Trinajstić information content (AvgIpc) is 3.27. The molecule has 0 saturated heterocycles. The number of carbonyl (C=O) groups is 1. The summed E-state index contributed by atoms with van der Waals surface area (Å²) in [6.07, 6.45) is 8.43. The number of benzene rings is 2. The highest BCUT2D eigenvalue weighted by Crippen LogP contribution is 2.31. The van der Waals surface area contributed by atoms with Gasteiger partial charge in [0.25, 0.3) is 0 Å². The van der Waals surface area contributed by atoms with E-state index in [1.807, 2.05) is 59.5 Å². The van der Waals surface area contributed by atoms with Crippen LogP contribution in [0.3, 0.4) is 0 Å². The third-order valence-electron chi connectivity index (χ3n) is 5.03. The molecule has 1 N–H and O–H groups in total. The van der Waals surface area contributed by atoms with E-state index in [0.29, 0.717) is 12.3 Å². The second-order valence-electron chi connectivity index (χ2n) is 7.25. The highest BCUT2D eigenvalue weighted by Gasteiger charge is 2.18. The molecular weight excluding hydrogens is 390 g/mol. The van der Waals surface area contributed by atoms with E-state index in [1.165, 1.54) is 5.56 Å². The van der Waals surface area contributed by atoms with Gasteiger partial charge in [-0.3, -0.25) is 9.67 Å². The minimum atomic E-state index is -0.990. The molecule has 4 rings (SSSR count). The van der Waals surface area contributed by atoms with Gasteiger partial charge in [-0.05, 0) is 41.3 Å². The Balaban J connectivity index is 1.49. The largest absolute Gasteiger partial charge is 0.482 e. The lowest BCUT2D eigenvalue weighted by atomic mass is 9.88. The first-order chi connectivity index (χ1) is 15.2. The first kappa shape index (κ1) is 20.3. The molecule has 0 amide bonds. The van der Waals surface area contributed by atoms with Crippen molar-refractivity contribution in [2.45, 2.75) is 18.9 Å². The van der Waals surface area contributed by atoms with Crippen molar-refractivity contribution in [2.24, 2.45) is 0 Å². The van der Waals surface area contributed by atoms with Crippen LogP contribution in [0.1, 0.15) is 28.2 Å². The van der Waals surface area contributed by atoms with Crippen molar-refractivity contribution in [1.29, 1.82) is 0 Å². The smallest absolute Gasteiger partial charge is 0.341 e. The Hall–Kier alpha value is -3.93. The topological polar surface area (TPSA) is 77.2 Å². The van der Waals surface area contributed by atoms with Gasteiger partial charge < -0.3 is 9.84 Å². The van der Waals surface area contributed by atoms with E-state index in [9.17, 15) is 4.79 Å². The minimum absolute atomic E-state index is 0.0661. The number of carboxylic acid groups (broad SMARTS) is 1. The second-order valence-corrected chi connectivity index (χ2v) is 7.25. The maximum atomic E-state index is 10.7. The molecule has 1 unspecified atom stereocenters. The van der Waals surface area contributed by atoms with Crippen LogP contribution in [0.4, 0.5) is 0 Å². The van der Waals surface area contributed by atoms with Gasteiger partial charge in [0.2, 0.25) is 0 Å². The molecule has 0 spiro atoms. The van der Waals surface area contributed by atoms with Gasteiger partial charge in [0.1, 0.15) is 5.75 Å². The van der Waals surface area contributed by atoms with Gasteiger partial charge in [0.15, 0.2) is 6.61 Å².